The summed E-state index contributed by atoms with van der Waals surface area (Å²) in [4.78, 5) is 9.09. The van der Waals surface area contributed by atoms with Crippen LogP contribution in [-0.4, -0.2) is 9.97 Å². The highest BCUT2D eigenvalue weighted by atomic mass is 35.5. The van der Waals surface area contributed by atoms with Gasteiger partial charge in [-0.05, 0) is 38.0 Å². The standard InChI is InChI=1S/C17H14Cl2N2/c1-9-4-6-12(11(3)8-9)17-20-15-13(18)7-5-10(2)14(15)16(19)21-17/h4-8H,1-3H3. The number of hydrogen-bond donors (Lipinski definition) is 0. The summed E-state index contributed by atoms with van der Waals surface area (Å²) in [6, 6.07) is 9.94. The molecule has 0 saturated heterocycles. The van der Waals surface area contributed by atoms with Gasteiger partial charge in [0.15, 0.2) is 5.82 Å². The molecule has 0 unspecified atom stereocenters. The molecule has 3 aromatic rings. The van der Waals surface area contributed by atoms with E-state index in [9.17, 15) is 0 Å². The molecule has 21 heavy (non-hydrogen) atoms. The Balaban J connectivity index is 2.33. The molecule has 1 heterocycles. The van der Waals surface area contributed by atoms with E-state index in [0.717, 1.165) is 22.1 Å². The number of fused-ring (bicyclic) bond motifs is 1. The van der Waals surface area contributed by atoms with Gasteiger partial charge in [0.1, 0.15) is 5.15 Å². The molecular formula is C17H14Cl2N2. The molecule has 3 rings (SSSR count). The lowest BCUT2D eigenvalue weighted by atomic mass is 10.0. The number of rotatable bonds is 1. The summed E-state index contributed by atoms with van der Waals surface area (Å²) in [5.41, 5.74) is 5.02. The van der Waals surface area contributed by atoms with Gasteiger partial charge in [-0.15, -0.1) is 0 Å². The molecule has 0 spiro atoms. The van der Waals surface area contributed by atoms with Gasteiger partial charge in [0.2, 0.25) is 0 Å². The van der Waals surface area contributed by atoms with E-state index in [1.54, 1.807) is 0 Å². The predicted octanol–water partition coefficient (Wildman–Crippen LogP) is 5.53. The van der Waals surface area contributed by atoms with Crippen molar-refractivity contribution in [3.05, 3.63) is 57.2 Å². The molecular weight excluding hydrogens is 303 g/mol. The number of aryl methyl sites for hydroxylation is 3. The fraction of sp³-hybridized carbons (Fsp3) is 0.176. The molecule has 106 valence electrons. The van der Waals surface area contributed by atoms with Crippen molar-refractivity contribution in [2.24, 2.45) is 0 Å². The molecule has 2 aromatic carbocycles. The van der Waals surface area contributed by atoms with E-state index < -0.39 is 0 Å². The number of aromatic nitrogens is 2. The fourth-order valence-electron chi connectivity index (χ4n) is 2.50. The highest BCUT2D eigenvalue weighted by Gasteiger charge is 2.13. The lowest BCUT2D eigenvalue weighted by Crippen LogP contribution is -1.96. The lowest BCUT2D eigenvalue weighted by molar-refractivity contribution is 1.20. The third-order valence-corrected chi connectivity index (χ3v) is 4.17. The molecule has 1 aromatic heterocycles. The van der Waals surface area contributed by atoms with E-state index in [0.29, 0.717) is 21.5 Å². The van der Waals surface area contributed by atoms with Crippen LogP contribution in [0.1, 0.15) is 16.7 Å². The van der Waals surface area contributed by atoms with Crippen molar-refractivity contribution in [1.82, 2.24) is 9.97 Å². The van der Waals surface area contributed by atoms with E-state index in [1.807, 2.05) is 38.1 Å². The first-order valence-corrected chi connectivity index (χ1v) is 7.43. The highest BCUT2D eigenvalue weighted by Crippen LogP contribution is 2.32. The largest absolute Gasteiger partial charge is 0.226 e. The Morgan fingerprint density at radius 2 is 1.62 bits per heavy atom. The second-order valence-electron chi connectivity index (χ2n) is 5.24. The van der Waals surface area contributed by atoms with Gasteiger partial charge >= 0.3 is 0 Å². The second-order valence-corrected chi connectivity index (χ2v) is 6.01. The van der Waals surface area contributed by atoms with Crippen LogP contribution >= 0.6 is 23.2 Å². The third-order valence-electron chi connectivity index (χ3n) is 3.59. The van der Waals surface area contributed by atoms with Crippen LogP contribution in [0.15, 0.2) is 30.3 Å². The molecule has 0 amide bonds. The minimum Gasteiger partial charge on any atom is -0.226 e. The van der Waals surface area contributed by atoms with Gasteiger partial charge in [-0.3, -0.25) is 0 Å². The Hall–Kier alpha value is -1.64. The molecule has 0 bridgehead atoms. The van der Waals surface area contributed by atoms with Gasteiger partial charge in [-0.1, -0.05) is 53.0 Å². The summed E-state index contributed by atoms with van der Waals surface area (Å²) >= 11 is 12.6. The van der Waals surface area contributed by atoms with Crippen molar-refractivity contribution in [3.63, 3.8) is 0 Å². The van der Waals surface area contributed by atoms with E-state index >= 15 is 0 Å². The van der Waals surface area contributed by atoms with Crippen molar-refractivity contribution in [3.8, 4) is 11.4 Å². The second kappa shape index (κ2) is 5.28. The van der Waals surface area contributed by atoms with Crippen molar-refractivity contribution in [1.29, 1.82) is 0 Å². The summed E-state index contributed by atoms with van der Waals surface area (Å²) in [6.07, 6.45) is 0. The Labute approximate surface area is 133 Å². The van der Waals surface area contributed by atoms with Crippen molar-refractivity contribution < 1.29 is 0 Å². The first kappa shape index (κ1) is 14.3. The van der Waals surface area contributed by atoms with Gasteiger partial charge in [0.05, 0.1) is 10.5 Å². The van der Waals surface area contributed by atoms with E-state index in [4.69, 9.17) is 23.2 Å². The van der Waals surface area contributed by atoms with E-state index in [-0.39, 0.29) is 0 Å². The minimum atomic E-state index is 0.440. The summed E-state index contributed by atoms with van der Waals surface area (Å²) in [7, 11) is 0. The summed E-state index contributed by atoms with van der Waals surface area (Å²) in [5, 5.41) is 1.85. The molecule has 0 aliphatic carbocycles. The maximum absolute atomic E-state index is 6.36. The average Bonchev–Trinajstić information content (AvgIpc) is 2.42. The molecule has 0 fully saturated rings. The zero-order chi connectivity index (χ0) is 15.1. The first-order valence-electron chi connectivity index (χ1n) is 6.67. The fourth-order valence-corrected chi connectivity index (χ4v) is 3.02. The third kappa shape index (κ3) is 2.50. The molecule has 2 nitrogen and oxygen atoms in total. The smallest absolute Gasteiger partial charge is 0.161 e. The van der Waals surface area contributed by atoms with Crippen LogP contribution in [-0.2, 0) is 0 Å². The van der Waals surface area contributed by atoms with Crippen LogP contribution in [0.25, 0.3) is 22.3 Å². The molecule has 4 heteroatoms. The van der Waals surface area contributed by atoms with Crippen LogP contribution in [0.4, 0.5) is 0 Å². The maximum atomic E-state index is 6.36. The van der Waals surface area contributed by atoms with Crippen LogP contribution < -0.4 is 0 Å². The summed E-state index contributed by atoms with van der Waals surface area (Å²) in [5.74, 6) is 0.609. The number of halogens is 2. The van der Waals surface area contributed by atoms with Crippen LogP contribution in [0.5, 0.6) is 0 Å². The molecule has 0 N–H and O–H groups in total. The molecule has 0 aliphatic heterocycles. The first-order chi connectivity index (χ1) is 9.97. The van der Waals surface area contributed by atoms with Gasteiger partial charge in [0.25, 0.3) is 0 Å². The molecule has 0 atom stereocenters. The van der Waals surface area contributed by atoms with Crippen molar-refractivity contribution >= 4 is 34.1 Å². The summed E-state index contributed by atoms with van der Waals surface area (Å²) < 4.78 is 0. The molecule has 0 aliphatic rings. The topological polar surface area (TPSA) is 25.8 Å². The summed E-state index contributed by atoms with van der Waals surface area (Å²) in [6.45, 7) is 6.08. The van der Waals surface area contributed by atoms with Gasteiger partial charge in [0, 0.05) is 10.9 Å². The minimum absolute atomic E-state index is 0.440. The van der Waals surface area contributed by atoms with Crippen molar-refractivity contribution in [2.75, 3.05) is 0 Å². The number of nitrogens with zero attached hydrogens (tertiary/aromatic N) is 2. The van der Waals surface area contributed by atoms with E-state index in [2.05, 4.69) is 23.0 Å². The maximum Gasteiger partial charge on any atom is 0.161 e. The molecule has 0 radical (unpaired) electrons. The number of hydrogen-bond acceptors (Lipinski definition) is 2. The highest BCUT2D eigenvalue weighted by molar-refractivity contribution is 6.38. The normalized spacial score (nSPS) is 11.1. The predicted molar refractivity (Wildman–Crippen MR) is 89.2 cm³/mol. The Morgan fingerprint density at radius 3 is 2.33 bits per heavy atom. The van der Waals surface area contributed by atoms with E-state index in [1.165, 1.54) is 5.56 Å². The lowest BCUT2D eigenvalue weighted by Gasteiger charge is -2.10. The SMILES string of the molecule is Cc1ccc(-c2nc(Cl)c3c(C)ccc(Cl)c3n2)c(C)c1. The monoisotopic (exact) mass is 316 g/mol. The Morgan fingerprint density at radius 1 is 0.857 bits per heavy atom. The van der Waals surface area contributed by atoms with Gasteiger partial charge in [-0.2, -0.15) is 0 Å². The van der Waals surface area contributed by atoms with Gasteiger partial charge in [-0.25, -0.2) is 9.97 Å². The van der Waals surface area contributed by atoms with Gasteiger partial charge < -0.3 is 0 Å². The van der Waals surface area contributed by atoms with Crippen LogP contribution in [0, 0.1) is 20.8 Å². The van der Waals surface area contributed by atoms with Crippen molar-refractivity contribution in [2.45, 2.75) is 20.8 Å². The quantitative estimate of drug-likeness (QED) is 0.552. The Kier molecular flexibility index (Phi) is 3.60. The zero-order valence-electron chi connectivity index (χ0n) is 12.0. The van der Waals surface area contributed by atoms with Crippen LogP contribution in [0.3, 0.4) is 0 Å². The Bertz CT molecular complexity index is 857. The van der Waals surface area contributed by atoms with Crippen LogP contribution in [0.2, 0.25) is 10.2 Å². The average molecular weight is 317 g/mol. The molecule has 0 saturated carbocycles. The number of benzene rings is 2. The zero-order valence-corrected chi connectivity index (χ0v) is 13.5.